The first-order valence-electron chi connectivity index (χ1n) is 19.6. The van der Waals surface area contributed by atoms with Gasteiger partial charge < -0.3 is 130 Å². The fraction of sp³-hybridized carbons (Fsp3) is 0.941. The topological polar surface area (TPSA) is 445 Å². The molecular formula is C34H58N2O26. The lowest BCUT2D eigenvalue weighted by atomic mass is 9.93. The molecule has 0 saturated carbocycles. The average Bonchev–Trinajstić information content (AvgIpc) is 3.23. The monoisotopic (exact) mass is 910 g/mol. The third-order valence-corrected chi connectivity index (χ3v) is 11.1. The molecule has 0 radical (unpaired) electrons. The Labute approximate surface area is 351 Å². The van der Waals surface area contributed by atoms with Crippen LogP contribution in [0.3, 0.4) is 0 Å². The molecule has 5 aliphatic heterocycles. The number of nitrogens with one attached hydrogen (secondary N) is 2. The fourth-order valence-corrected chi connectivity index (χ4v) is 7.83. The largest absolute Gasteiger partial charge is 0.394 e. The van der Waals surface area contributed by atoms with E-state index in [0.717, 1.165) is 13.8 Å². The van der Waals surface area contributed by atoms with Crippen molar-refractivity contribution in [2.75, 3.05) is 33.0 Å². The predicted molar refractivity (Wildman–Crippen MR) is 190 cm³/mol. The summed E-state index contributed by atoms with van der Waals surface area (Å²) in [5, 5.41) is 163. The van der Waals surface area contributed by atoms with Gasteiger partial charge in [-0.2, -0.15) is 0 Å². The van der Waals surface area contributed by atoms with Gasteiger partial charge in [-0.15, -0.1) is 0 Å². The predicted octanol–water partition coefficient (Wildman–Crippen LogP) is -11.6. The van der Waals surface area contributed by atoms with Gasteiger partial charge in [0.1, 0.15) is 122 Å². The summed E-state index contributed by atoms with van der Waals surface area (Å²) < 4.78 is 50.8. The van der Waals surface area contributed by atoms with Crippen LogP contribution < -0.4 is 10.6 Å². The smallest absolute Gasteiger partial charge is 0.217 e. The molecule has 5 saturated heterocycles. The van der Waals surface area contributed by atoms with Crippen LogP contribution in [0.2, 0.25) is 0 Å². The SMILES string of the molecule is CC(=O)N[C@H]1[C@@H](O[C@H]2[C@H](O)[C@@H](CO)O[C@@H](O[C@H]3[C@@H](O)[C@@H](CO)O[C@H](O[C@@H]4[C@H](O)[C@@H](O)[C@H](O[C@H]5[C@H](O)[C@@H](O)[C@H](O)O[C@@H]5CO)O[C@@H]4CO)[C@@H]3O)[C@@H]2NC(C)=O)O[C@H](CO)[C@H](O)[C@@H]1O. The lowest BCUT2D eigenvalue weighted by molar-refractivity contribution is -0.387. The number of aliphatic hydroxyl groups is 15. The Morgan fingerprint density at radius 3 is 1.27 bits per heavy atom. The van der Waals surface area contributed by atoms with Crippen LogP contribution in [-0.4, -0.2) is 275 Å². The zero-order chi connectivity index (χ0) is 45.9. The first-order valence-corrected chi connectivity index (χ1v) is 19.6. The van der Waals surface area contributed by atoms with Crippen molar-refractivity contribution in [1.29, 1.82) is 0 Å². The summed E-state index contributed by atoms with van der Waals surface area (Å²) in [5.74, 6) is -1.54. The van der Waals surface area contributed by atoms with Crippen LogP contribution in [0.4, 0.5) is 0 Å². The molecule has 5 fully saturated rings. The highest BCUT2D eigenvalue weighted by molar-refractivity contribution is 5.73. The zero-order valence-electron chi connectivity index (χ0n) is 33.2. The Morgan fingerprint density at radius 1 is 0.387 bits per heavy atom. The van der Waals surface area contributed by atoms with Gasteiger partial charge in [-0.3, -0.25) is 9.59 Å². The van der Waals surface area contributed by atoms with E-state index in [9.17, 15) is 86.2 Å². The number of carbonyl (C=O) groups is 2. The fourth-order valence-electron chi connectivity index (χ4n) is 7.83. The third kappa shape index (κ3) is 10.8. The van der Waals surface area contributed by atoms with E-state index in [0.29, 0.717) is 0 Å². The molecule has 0 aromatic carbocycles. The molecule has 0 bridgehead atoms. The average molecular weight is 911 g/mol. The third-order valence-electron chi connectivity index (χ3n) is 11.1. The second-order valence-corrected chi connectivity index (χ2v) is 15.4. The molecule has 0 unspecified atom stereocenters. The van der Waals surface area contributed by atoms with Crippen molar-refractivity contribution in [3.63, 3.8) is 0 Å². The van der Waals surface area contributed by atoms with Crippen molar-refractivity contribution in [1.82, 2.24) is 10.6 Å². The van der Waals surface area contributed by atoms with Crippen molar-refractivity contribution in [2.24, 2.45) is 0 Å². The number of hydrogen-bond donors (Lipinski definition) is 17. The molecule has 17 N–H and O–H groups in total. The molecule has 25 atom stereocenters. The molecule has 360 valence electrons. The summed E-state index contributed by atoms with van der Waals surface area (Å²) in [5.41, 5.74) is 0. The number of hydrogen-bond acceptors (Lipinski definition) is 26. The van der Waals surface area contributed by atoms with E-state index in [-0.39, 0.29) is 0 Å². The van der Waals surface area contributed by atoms with E-state index < -0.39 is 198 Å². The molecule has 5 rings (SSSR count). The normalized spacial score (nSPS) is 49.0. The van der Waals surface area contributed by atoms with Gasteiger partial charge in [0.05, 0.1) is 33.0 Å². The van der Waals surface area contributed by atoms with Crippen LogP contribution >= 0.6 is 0 Å². The van der Waals surface area contributed by atoms with Crippen molar-refractivity contribution in [3.05, 3.63) is 0 Å². The Kier molecular flexibility index (Phi) is 18.1. The van der Waals surface area contributed by atoms with E-state index in [1.807, 2.05) is 0 Å². The zero-order valence-corrected chi connectivity index (χ0v) is 33.2. The lowest BCUT2D eigenvalue weighted by Crippen LogP contribution is -2.71. The van der Waals surface area contributed by atoms with Crippen LogP contribution in [-0.2, 0) is 52.2 Å². The molecule has 28 heteroatoms. The van der Waals surface area contributed by atoms with Gasteiger partial charge in [-0.1, -0.05) is 0 Å². The van der Waals surface area contributed by atoms with Gasteiger partial charge in [0.2, 0.25) is 11.8 Å². The Morgan fingerprint density at radius 2 is 0.758 bits per heavy atom. The summed E-state index contributed by atoms with van der Waals surface area (Å²) in [6, 6.07) is -3.23. The van der Waals surface area contributed by atoms with Crippen LogP contribution in [0.25, 0.3) is 0 Å². The quantitative estimate of drug-likeness (QED) is 0.0725. The number of amides is 2. The summed E-state index contributed by atoms with van der Waals surface area (Å²) in [6.45, 7) is -2.53. The maximum atomic E-state index is 12.6. The van der Waals surface area contributed by atoms with E-state index in [1.54, 1.807) is 0 Å². The highest BCUT2D eigenvalue weighted by atomic mass is 16.8. The van der Waals surface area contributed by atoms with E-state index in [2.05, 4.69) is 10.6 Å². The van der Waals surface area contributed by atoms with Gasteiger partial charge in [-0.05, 0) is 0 Å². The molecule has 5 heterocycles. The standard InChI is InChI=1S/C34H58N2O26/c1-8(42)35-15-20(47)17(44)10(3-37)55-31(15)61-28-16(36-9(2)43)32(56-11(4-38)18(28)45)62-29-19(46)12(5-39)57-34(25(29)52)60-27-14(7-41)58-33(24(51)22(27)49)59-26-13(6-40)54-30(53)23(50)21(26)48/h10-34,37-41,44-53H,3-7H2,1-2H3,(H,35,42)(H,36,43)/t10-,11-,12-,13-,14-,15-,16-,17+,18-,19+,20-,21-,22-,23-,24-,25-,26-,27+,28-,29+,30-,31-,32+,33+,34-/m1/s1. The molecule has 2 amide bonds. The molecule has 28 nitrogen and oxygen atoms in total. The maximum absolute atomic E-state index is 12.6. The van der Waals surface area contributed by atoms with Gasteiger partial charge in [0, 0.05) is 13.8 Å². The highest BCUT2D eigenvalue weighted by Crippen LogP contribution is 2.36. The van der Waals surface area contributed by atoms with Crippen molar-refractivity contribution >= 4 is 11.8 Å². The molecular weight excluding hydrogens is 852 g/mol. The highest BCUT2D eigenvalue weighted by Gasteiger charge is 2.57. The van der Waals surface area contributed by atoms with Gasteiger partial charge in [0.25, 0.3) is 0 Å². The Bertz CT molecular complexity index is 1440. The molecule has 5 aliphatic rings. The molecule has 0 aliphatic carbocycles. The second kappa shape index (κ2) is 22.0. The number of ether oxygens (including phenoxy) is 9. The number of carbonyl (C=O) groups excluding carboxylic acids is 2. The van der Waals surface area contributed by atoms with Crippen LogP contribution in [0.15, 0.2) is 0 Å². The van der Waals surface area contributed by atoms with Crippen molar-refractivity contribution in [3.8, 4) is 0 Å². The Balaban J connectivity index is 1.38. The van der Waals surface area contributed by atoms with E-state index in [4.69, 9.17) is 42.6 Å². The molecule has 0 aromatic heterocycles. The van der Waals surface area contributed by atoms with Crippen LogP contribution in [0, 0.1) is 0 Å². The van der Waals surface area contributed by atoms with Crippen LogP contribution in [0.5, 0.6) is 0 Å². The number of rotatable bonds is 15. The summed E-state index contributed by atoms with van der Waals surface area (Å²) in [4.78, 5) is 24.6. The van der Waals surface area contributed by atoms with Gasteiger partial charge in [0.15, 0.2) is 31.5 Å². The molecule has 0 aromatic rings. The minimum Gasteiger partial charge on any atom is -0.394 e. The number of aliphatic hydroxyl groups excluding tert-OH is 15. The van der Waals surface area contributed by atoms with E-state index in [1.165, 1.54) is 0 Å². The van der Waals surface area contributed by atoms with Gasteiger partial charge >= 0.3 is 0 Å². The minimum atomic E-state index is -2.16. The summed E-state index contributed by atoms with van der Waals surface area (Å²) >= 11 is 0. The minimum absolute atomic E-state index is 0.730. The molecule has 0 spiro atoms. The van der Waals surface area contributed by atoms with Gasteiger partial charge in [-0.25, -0.2) is 0 Å². The molecule has 62 heavy (non-hydrogen) atoms. The second-order valence-electron chi connectivity index (χ2n) is 15.4. The van der Waals surface area contributed by atoms with Crippen molar-refractivity contribution in [2.45, 2.75) is 167 Å². The van der Waals surface area contributed by atoms with E-state index >= 15 is 0 Å². The maximum Gasteiger partial charge on any atom is 0.217 e. The first kappa shape index (κ1) is 51.0. The Hall–Kier alpha value is -2.02. The summed E-state index contributed by atoms with van der Waals surface area (Å²) in [6.07, 6.45) is -42.3. The van der Waals surface area contributed by atoms with Crippen LogP contribution in [0.1, 0.15) is 13.8 Å². The first-order chi connectivity index (χ1) is 29.3. The van der Waals surface area contributed by atoms with Crippen molar-refractivity contribution < 1.29 is 129 Å². The lowest BCUT2D eigenvalue weighted by Gasteiger charge is -2.50. The summed E-state index contributed by atoms with van der Waals surface area (Å²) in [7, 11) is 0.